The number of ether oxygens (including phenoxy) is 1. The quantitative estimate of drug-likeness (QED) is 0.741. The van der Waals surface area contributed by atoms with Crippen LogP contribution in [-0.2, 0) is 6.61 Å². The first-order chi connectivity index (χ1) is 10.3. The molecule has 0 aliphatic carbocycles. The Balaban J connectivity index is 1.86. The van der Waals surface area contributed by atoms with Gasteiger partial charge in [-0.1, -0.05) is 28.1 Å². The summed E-state index contributed by atoms with van der Waals surface area (Å²) in [5, 5.41) is 3.07. The minimum atomic E-state index is 0.427. The lowest BCUT2D eigenvalue weighted by molar-refractivity contribution is 0.297. The third-order valence-corrected chi connectivity index (χ3v) is 3.35. The van der Waals surface area contributed by atoms with E-state index in [0.29, 0.717) is 29.6 Å². The molecule has 0 saturated heterocycles. The predicted octanol–water partition coefficient (Wildman–Crippen LogP) is 3.13. The summed E-state index contributed by atoms with van der Waals surface area (Å²) in [4.78, 5) is 15.8. The van der Waals surface area contributed by atoms with Gasteiger partial charge in [0.15, 0.2) is 5.65 Å². The lowest BCUT2D eigenvalue weighted by atomic mass is 10.2. The van der Waals surface area contributed by atoms with E-state index in [-0.39, 0.29) is 0 Å². The van der Waals surface area contributed by atoms with Gasteiger partial charge in [0.2, 0.25) is 11.8 Å². The average Bonchev–Trinajstić information content (AvgIpc) is 2.93. The molecule has 0 fully saturated rings. The number of anilines is 1. The van der Waals surface area contributed by atoms with Crippen molar-refractivity contribution in [3.63, 3.8) is 0 Å². The molecule has 0 aliphatic rings. The van der Waals surface area contributed by atoms with Crippen LogP contribution in [0.25, 0.3) is 11.2 Å². The molecule has 108 valence electrons. The summed E-state index contributed by atoms with van der Waals surface area (Å²) in [7, 11) is 0. The first-order valence-electron chi connectivity index (χ1n) is 6.58. The van der Waals surface area contributed by atoms with Crippen LogP contribution in [-0.4, -0.2) is 26.5 Å². The van der Waals surface area contributed by atoms with Gasteiger partial charge in [-0.3, -0.25) is 0 Å². The van der Waals surface area contributed by atoms with Gasteiger partial charge in [-0.15, -0.1) is 0 Å². The van der Waals surface area contributed by atoms with Gasteiger partial charge < -0.3 is 15.0 Å². The topological polar surface area (TPSA) is 75.7 Å². The third kappa shape index (κ3) is 3.13. The van der Waals surface area contributed by atoms with Crippen molar-refractivity contribution >= 4 is 33.0 Å². The fourth-order valence-corrected chi connectivity index (χ4v) is 2.37. The Labute approximate surface area is 130 Å². The summed E-state index contributed by atoms with van der Waals surface area (Å²) in [6, 6.07) is 7.96. The van der Waals surface area contributed by atoms with Gasteiger partial charge in [0.1, 0.15) is 12.1 Å². The molecule has 1 aromatic carbocycles. The number of halogens is 1. The first-order valence-corrected chi connectivity index (χ1v) is 7.38. The van der Waals surface area contributed by atoms with E-state index < -0.39 is 0 Å². The molecule has 21 heavy (non-hydrogen) atoms. The molecule has 7 heteroatoms. The van der Waals surface area contributed by atoms with Gasteiger partial charge in [0, 0.05) is 11.0 Å². The monoisotopic (exact) mass is 347 g/mol. The number of hydrogen-bond acceptors (Lipinski definition) is 5. The highest BCUT2D eigenvalue weighted by molar-refractivity contribution is 9.10. The molecule has 6 nitrogen and oxygen atoms in total. The number of H-pyrrole nitrogens is 1. The molecule has 2 N–H and O–H groups in total. The zero-order valence-electron chi connectivity index (χ0n) is 11.4. The molecule has 2 heterocycles. The van der Waals surface area contributed by atoms with Crippen molar-refractivity contribution in [1.29, 1.82) is 0 Å². The lowest BCUT2D eigenvalue weighted by Gasteiger charge is -2.08. The smallest absolute Gasteiger partial charge is 0.245 e. The molecule has 0 unspecified atom stereocenters. The van der Waals surface area contributed by atoms with Crippen LogP contribution in [0.3, 0.4) is 0 Å². The van der Waals surface area contributed by atoms with Crippen molar-refractivity contribution in [3.05, 3.63) is 40.6 Å². The molecular weight excluding hydrogens is 334 g/mol. The first kappa shape index (κ1) is 13.8. The average molecular weight is 348 g/mol. The third-order valence-electron chi connectivity index (χ3n) is 2.85. The van der Waals surface area contributed by atoms with Gasteiger partial charge >= 0.3 is 0 Å². The Morgan fingerprint density at radius 3 is 3.05 bits per heavy atom. The standard InChI is InChI=1S/C14H14BrN5O/c1-2-16-14-19-12-11(17-8-18-12)13(20-14)21-7-9-4-3-5-10(15)6-9/h3-6,8H,2,7H2,1H3,(H2,16,17,18,19,20). The van der Waals surface area contributed by atoms with Crippen LogP contribution in [0.5, 0.6) is 5.88 Å². The summed E-state index contributed by atoms with van der Waals surface area (Å²) in [6.07, 6.45) is 1.58. The summed E-state index contributed by atoms with van der Waals surface area (Å²) in [6.45, 7) is 3.15. The Hall–Kier alpha value is -2.15. The van der Waals surface area contributed by atoms with Gasteiger partial charge in [-0.25, -0.2) is 4.98 Å². The number of aromatic amines is 1. The number of rotatable bonds is 5. The van der Waals surface area contributed by atoms with Crippen molar-refractivity contribution in [2.45, 2.75) is 13.5 Å². The minimum absolute atomic E-state index is 0.427. The van der Waals surface area contributed by atoms with Crippen LogP contribution in [0.1, 0.15) is 12.5 Å². The summed E-state index contributed by atoms with van der Waals surface area (Å²) >= 11 is 3.45. The molecule has 0 bridgehead atoms. The molecule has 0 saturated carbocycles. The molecular formula is C14H14BrN5O. The van der Waals surface area contributed by atoms with E-state index in [0.717, 1.165) is 16.6 Å². The SMILES string of the molecule is CCNc1nc(OCc2cccc(Br)c2)c2[nH]cnc2n1. The Bertz CT molecular complexity index is 758. The van der Waals surface area contributed by atoms with Crippen molar-refractivity contribution in [2.24, 2.45) is 0 Å². The highest BCUT2D eigenvalue weighted by atomic mass is 79.9. The fourth-order valence-electron chi connectivity index (χ4n) is 1.93. The largest absolute Gasteiger partial charge is 0.471 e. The van der Waals surface area contributed by atoms with Crippen molar-refractivity contribution < 1.29 is 4.74 Å². The van der Waals surface area contributed by atoms with E-state index in [1.54, 1.807) is 6.33 Å². The van der Waals surface area contributed by atoms with Gasteiger partial charge in [-0.05, 0) is 24.6 Å². The second-order valence-electron chi connectivity index (χ2n) is 4.40. The van der Waals surface area contributed by atoms with E-state index >= 15 is 0 Å². The van der Waals surface area contributed by atoms with E-state index in [1.807, 2.05) is 31.2 Å². The number of nitrogens with zero attached hydrogens (tertiary/aromatic N) is 3. The highest BCUT2D eigenvalue weighted by Crippen LogP contribution is 2.22. The summed E-state index contributed by atoms with van der Waals surface area (Å²) < 4.78 is 6.84. The number of imidazole rings is 1. The number of aromatic nitrogens is 4. The van der Waals surface area contributed by atoms with E-state index in [1.165, 1.54) is 0 Å². The van der Waals surface area contributed by atoms with Crippen molar-refractivity contribution in [2.75, 3.05) is 11.9 Å². The normalized spacial score (nSPS) is 10.8. The van der Waals surface area contributed by atoms with Crippen LogP contribution in [0, 0.1) is 0 Å². The van der Waals surface area contributed by atoms with E-state index in [4.69, 9.17) is 4.74 Å². The minimum Gasteiger partial charge on any atom is -0.471 e. The predicted molar refractivity (Wildman–Crippen MR) is 84.3 cm³/mol. The molecule has 2 aromatic heterocycles. The zero-order chi connectivity index (χ0) is 14.7. The fraction of sp³-hybridized carbons (Fsp3) is 0.214. The molecule has 0 amide bonds. The number of nitrogens with one attached hydrogen (secondary N) is 2. The van der Waals surface area contributed by atoms with E-state index in [2.05, 4.69) is 41.2 Å². The Morgan fingerprint density at radius 2 is 2.24 bits per heavy atom. The van der Waals surface area contributed by atoms with Gasteiger partial charge in [0.25, 0.3) is 0 Å². The maximum absolute atomic E-state index is 5.82. The second-order valence-corrected chi connectivity index (χ2v) is 5.32. The zero-order valence-corrected chi connectivity index (χ0v) is 13.0. The van der Waals surface area contributed by atoms with Crippen molar-refractivity contribution in [3.8, 4) is 5.88 Å². The number of benzene rings is 1. The van der Waals surface area contributed by atoms with Crippen molar-refractivity contribution in [1.82, 2.24) is 19.9 Å². The number of hydrogen-bond donors (Lipinski definition) is 2. The molecule has 0 atom stereocenters. The van der Waals surface area contributed by atoms with Crippen LogP contribution in [0.4, 0.5) is 5.95 Å². The lowest BCUT2D eigenvalue weighted by Crippen LogP contribution is -2.05. The summed E-state index contributed by atoms with van der Waals surface area (Å²) in [5.41, 5.74) is 2.34. The van der Waals surface area contributed by atoms with Crippen LogP contribution < -0.4 is 10.1 Å². The maximum atomic E-state index is 5.82. The Kier molecular flexibility index (Phi) is 4.01. The van der Waals surface area contributed by atoms with E-state index in [9.17, 15) is 0 Å². The molecule has 3 rings (SSSR count). The van der Waals surface area contributed by atoms with Crippen LogP contribution >= 0.6 is 15.9 Å². The maximum Gasteiger partial charge on any atom is 0.245 e. The molecule has 3 aromatic rings. The Morgan fingerprint density at radius 1 is 1.33 bits per heavy atom. The van der Waals surface area contributed by atoms with Gasteiger partial charge in [-0.2, -0.15) is 9.97 Å². The molecule has 0 aliphatic heterocycles. The van der Waals surface area contributed by atoms with Gasteiger partial charge in [0.05, 0.1) is 6.33 Å². The second kappa shape index (κ2) is 6.09. The van der Waals surface area contributed by atoms with Crippen LogP contribution in [0.15, 0.2) is 35.1 Å². The summed E-state index contributed by atoms with van der Waals surface area (Å²) in [5.74, 6) is 1.01. The molecule has 0 radical (unpaired) electrons. The highest BCUT2D eigenvalue weighted by Gasteiger charge is 2.11. The molecule has 0 spiro atoms. The van der Waals surface area contributed by atoms with Crippen LogP contribution in [0.2, 0.25) is 0 Å². The number of fused-ring (bicyclic) bond motifs is 1.